The summed E-state index contributed by atoms with van der Waals surface area (Å²) in [4.78, 5) is 17.0. The number of carbonyl (C=O) groups excluding carboxylic acids is 1. The molecule has 2 atom stereocenters. The van der Waals surface area contributed by atoms with E-state index in [2.05, 4.69) is 4.98 Å². The van der Waals surface area contributed by atoms with Gasteiger partial charge in [0, 0.05) is 32.3 Å². The topological polar surface area (TPSA) is 85.8 Å². The summed E-state index contributed by atoms with van der Waals surface area (Å²) in [5, 5.41) is 0. The largest absolute Gasteiger partial charge is 0.387 e. The van der Waals surface area contributed by atoms with Crippen molar-refractivity contribution in [3.8, 4) is 0 Å². The average Bonchev–Trinajstić information content (AvgIpc) is 2.77. The van der Waals surface area contributed by atoms with Crippen LogP contribution in [0.25, 0.3) is 5.57 Å². The molecule has 3 rings (SSSR count). The molecular formula is C24H34F2N2O5S. The molecule has 2 aliphatic rings. The normalized spacial score (nSPS) is 22.8. The van der Waals surface area contributed by atoms with Crippen LogP contribution in [0, 0.1) is 11.3 Å². The number of pyridine rings is 1. The number of rotatable bonds is 7. The molecule has 0 radical (unpaired) electrons. The van der Waals surface area contributed by atoms with Crippen molar-refractivity contribution in [2.24, 2.45) is 11.3 Å². The third kappa shape index (κ3) is 7.29. The summed E-state index contributed by atoms with van der Waals surface area (Å²) in [7, 11) is -4.21. The number of aryl methyl sites for hydroxylation is 1. The van der Waals surface area contributed by atoms with Gasteiger partial charge in [-0.25, -0.2) is 8.78 Å². The molecule has 1 aromatic heterocycles. The van der Waals surface area contributed by atoms with Crippen LogP contribution >= 0.6 is 0 Å². The molecule has 0 spiro atoms. The summed E-state index contributed by atoms with van der Waals surface area (Å²) in [6.45, 7) is 7.57. The first-order valence-electron chi connectivity index (χ1n) is 11.6. The summed E-state index contributed by atoms with van der Waals surface area (Å²) >= 11 is 0. The highest BCUT2D eigenvalue weighted by Gasteiger charge is 2.38. The van der Waals surface area contributed by atoms with Crippen LogP contribution in [0.2, 0.25) is 0 Å². The van der Waals surface area contributed by atoms with E-state index in [0.29, 0.717) is 31.6 Å². The van der Waals surface area contributed by atoms with Crippen LogP contribution in [0.4, 0.5) is 8.78 Å². The zero-order valence-corrected chi connectivity index (χ0v) is 21.0. The summed E-state index contributed by atoms with van der Waals surface area (Å²) in [6, 6.07) is 3.52. The van der Waals surface area contributed by atoms with E-state index in [4.69, 9.17) is 8.92 Å². The van der Waals surface area contributed by atoms with E-state index in [0.717, 1.165) is 22.4 Å². The monoisotopic (exact) mass is 500 g/mol. The van der Waals surface area contributed by atoms with Crippen molar-refractivity contribution in [3.05, 3.63) is 35.7 Å². The molecule has 0 saturated carbocycles. The van der Waals surface area contributed by atoms with Crippen LogP contribution in [0.15, 0.2) is 24.4 Å². The maximum atomic E-state index is 13.0. The number of alkyl halides is 2. The van der Waals surface area contributed by atoms with Gasteiger partial charge < -0.3 is 8.92 Å². The molecule has 7 nitrogen and oxygen atoms in total. The fourth-order valence-electron chi connectivity index (χ4n) is 4.05. The molecule has 0 bridgehead atoms. The molecular weight excluding hydrogens is 466 g/mol. The minimum Gasteiger partial charge on any atom is -0.378 e. The molecule has 0 N–H and O–H groups in total. The van der Waals surface area contributed by atoms with Crippen molar-refractivity contribution in [1.82, 2.24) is 9.29 Å². The van der Waals surface area contributed by atoms with E-state index >= 15 is 0 Å². The van der Waals surface area contributed by atoms with E-state index in [-0.39, 0.29) is 37.5 Å². The Bertz CT molecular complexity index is 998. The van der Waals surface area contributed by atoms with Crippen LogP contribution in [-0.4, -0.2) is 55.4 Å². The molecule has 10 heteroatoms. The highest BCUT2D eigenvalue weighted by atomic mass is 32.2. The fraction of sp³-hybridized carbons (Fsp3) is 0.667. The lowest BCUT2D eigenvalue weighted by Crippen LogP contribution is -2.41. The van der Waals surface area contributed by atoms with Gasteiger partial charge in [-0.1, -0.05) is 32.9 Å². The SMILES string of the molecule is CC(F)(F)CCc1ccc(C2=CCN(S(=O)(=O)OC(=O)C3CCOC(C(C)(C)C)C3)CC2)nc1. The predicted molar refractivity (Wildman–Crippen MR) is 124 cm³/mol. The molecule has 3 heterocycles. The lowest BCUT2D eigenvalue weighted by Gasteiger charge is -2.36. The summed E-state index contributed by atoms with van der Waals surface area (Å²) in [5.41, 5.74) is 2.11. The standard InChI is InChI=1S/C24H34F2N2O5S/c1-23(2,3)21-15-19(10-14-32-21)22(29)33-34(30,31)28-12-8-18(9-13-28)20-6-5-17(16-27-20)7-11-24(4,25)26/h5-6,8,16,19,21H,7,9-15H2,1-4H3. The van der Waals surface area contributed by atoms with Crippen LogP contribution < -0.4 is 0 Å². The molecule has 1 fully saturated rings. The van der Waals surface area contributed by atoms with Crippen LogP contribution in [0.3, 0.4) is 0 Å². The Hall–Kier alpha value is -1.91. The number of ether oxygens (including phenoxy) is 1. The maximum Gasteiger partial charge on any atom is 0.387 e. The number of carbonyl (C=O) groups is 1. The summed E-state index contributed by atoms with van der Waals surface area (Å²) < 4.78 is 63.3. The molecule has 2 unspecified atom stereocenters. The van der Waals surface area contributed by atoms with Crippen LogP contribution in [-0.2, 0) is 30.4 Å². The van der Waals surface area contributed by atoms with Crippen molar-refractivity contribution in [3.63, 3.8) is 0 Å². The number of aromatic nitrogens is 1. The van der Waals surface area contributed by atoms with Gasteiger partial charge >= 0.3 is 16.3 Å². The Balaban J connectivity index is 1.57. The number of nitrogens with zero attached hydrogens (tertiary/aromatic N) is 2. The second-order valence-electron chi connectivity index (χ2n) is 10.3. The number of hydrogen-bond donors (Lipinski definition) is 0. The Morgan fingerprint density at radius 1 is 1.26 bits per heavy atom. The van der Waals surface area contributed by atoms with Gasteiger partial charge in [0.1, 0.15) is 0 Å². The van der Waals surface area contributed by atoms with Crippen molar-refractivity contribution >= 4 is 21.8 Å². The highest BCUT2D eigenvalue weighted by molar-refractivity contribution is 7.84. The molecule has 2 aliphatic heterocycles. The van der Waals surface area contributed by atoms with Gasteiger partial charge in [-0.05, 0) is 55.2 Å². The van der Waals surface area contributed by atoms with Crippen molar-refractivity contribution < 1.29 is 30.9 Å². The minimum absolute atomic E-state index is 0.0643. The molecule has 1 aromatic rings. The summed E-state index contributed by atoms with van der Waals surface area (Å²) in [6.07, 6.45) is 4.43. The third-order valence-electron chi connectivity index (χ3n) is 6.27. The lowest BCUT2D eigenvalue weighted by atomic mass is 9.81. The third-order valence-corrected chi connectivity index (χ3v) is 7.60. The minimum atomic E-state index is -4.21. The van der Waals surface area contributed by atoms with Gasteiger partial charge in [-0.2, -0.15) is 12.7 Å². The van der Waals surface area contributed by atoms with Crippen molar-refractivity contribution in [1.29, 1.82) is 0 Å². The predicted octanol–water partition coefficient (Wildman–Crippen LogP) is 4.39. The Labute approximate surface area is 200 Å². The quantitative estimate of drug-likeness (QED) is 0.552. The molecule has 0 aliphatic carbocycles. The smallest absolute Gasteiger partial charge is 0.378 e. The summed E-state index contributed by atoms with van der Waals surface area (Å²) in [5.74, 6) is -3.97. The van der Waals surface area contributed by atoms with Gasteiger partial charge in [0.25, 0.3) is 0 Å². The second kappa shape index (κ2) is 10.4. The van der Waals surface area contributed by atoms with Gasteiger partial charge in [0.05, 0.1) is 17.7 Å². The molecule has 0 amide bonds. The van der Waals surface area contributed by atoms with E-state index < -0.39 is 28.1 Å². The van der Waals surface area contributed by atoms with Gasteiger partial charge in [0.15, 0.2) is 0 Å². The van der Waals surface area contributed by atoms with E-state index in [9.17, 15) is 22.0 Å². The Kier molecular flexibility index (Phi) is 8.14. The maximum absolute atomic E-state index is 13.0. The van der Waals surface area contributed by atoms with Gasteiger partial charge in [-0.15, -0.1) is 0 Å². The van der Waals surface area contributed by atoms with E-state index in [1.807, 2.05) is 20.8 Å². The first-order valence-corrected chi connectivity index (χ1v) is 13.0. The molecule has 34 heavy (non-hydrogen) atoms. The van der Waals surface area contributed by atoms with Crippen molar-refractivity contribution in [2.45, 2.75) is 71.8 Å². The Morgan fingerprint density at radius 2 is 2.00 bits per heavy atom. The molecule has 0 aromatic carbocycles. The zero-order chi connectivity index (χ0) is 25.1. The average molecular weight is 501 g/mol. The fourth-order valence-corrected chi connectivity index (χ4v) is 5.07. The first kappa shape index (κ1) is 26.7. The first-order chi connectivity index (χ1) is 15.7. The molecule has 190 valence electrons. The van der Waals surface area contributed by atoms with E-state index in [1.54, 1.807) is 24.4 Å². The second-order valence-corrected chi connectivity index (χ2v) is 11.8. The highest BCUT2D eigenvalue weighted by Crippen LogP contribution is 2.33. The van der Waals surface area contributed by atoms with Crippen LogP contribution in [0.1, 0.15) is 64.6 Å². The van der Waals surface area contributed by atoms with Gasteiger partial charge in [0.2, 0.25) is 5.92 Å². The lowest BCUT2D eigenvalue weighted by molar-refractivity contribution is -0.147. The number of hydrogen-bond acceptors (Lipinski definition) is 6. The van der Waals surface area contributed by atoms with E-state index in [1.165, 1.54) is 0 Å². The molecule has 1 saturated heterocycles. The van der Waals surface area contributed by atoms with Gasteiger partial charge in [-0.3, -0.25) is 9.78 Å². The number of halogens is 2. The Morgan fingerprint density at radius 3 is 2.56 bits per heavy atom. The zero-order valence-electron chi connectivity index (χ0n) is 20.2. The van der Waals surface area contributed by atoms with Crippen LogP contribution in [0.5, 0.6) is 0 Å². The van der Waals surface area contributed by atoms with Crippen molar-refractivity contribution in [2.75, 3.05) is 19.7 Å².